The molecule has 0 spiro atoms. The second kappa shape index (κ2) is 9.15. The maximum atomic E-state index is 12.4. The Labute approximate surface area is 168 Å². The van der Waals surface area contributed by atoms with Crippen LogP contribution in [0.4, 0.5) is 11.4 Å². The number of aromatic nitrogens is 1. The molecule has 0 unspecified atom stereocenters. The van der Waals surface area contributed by atoms with Crippen LogP contribution >= 0.6 is 11.6 Å². The van der Waals surface area contributed by atoms with Crippen LogP contribution in [0, 0.1) is 0 Å². The topological polar surface area (TPSA) is 71.1 Å². The van der Waals surface area contributed by atoms with Gasteiger partial charge < -0.3 is 10.6 Å². The summed E-state index contributed by atoms with van der Waals surface area (Å²) in [5, 5.41) is 6.76. The summed E-state index contributed by atoms with van der Waals surface area (Å²) < 4.78 is 0. The summed E-state index contributed by atoms with van der Waals surface area (Å²) in [6, 6.07) is 18.2. The van der Waals surface area contributed by atoms with Crippen LogP contribution in [-0.2, 0) is 6.42 Å². The molecule has 0 aliphatic carbocycles. The van der Waals surface area contributed by atoms with Gasteiger partial charge in [-0.15, -0.1) is 0 Å². The number of nitrogens with one attached hydrogen (secondary N) is 2. The highest BCUT2D eigenvalue weighted by Crippen LogP contribution is 2.18. The van der Waals surface area contributed by atoms with Gasteiger partial charge in [-0.1, -0.05) is 23.7 Å². The van der Waals surface area contributed by atoms with Crippen molar-refractivity contribution in [3.8, 4) is 0 Å². The van der Waals surface area contributed by atoms with Gasteiger partial charge in [0.25, 0.3) is 5.91 Å². The van der Waals surface area contributed by atoms with E-state index in [1.807, 2.05) is 36.4 Å². The first-order chi connectivity index (χ1) is 13.5. The Morgan fingerprint density at radius 2 is 1.79 bits per heavy atom. The van der Waals surface area contributed by atoms with Crippen LogP contribution in [-0.4, -0.2) is 23.2 Å². The number of halogens is 1. The first kappa shape index (κ1) is 19.6. The monoisotopic (exact) mass is 393 g/mol. The molecule has 0 saturated carbocycles. The number of benzene rings is 2. The van der Waals surface area contributed by atoms with Crippen LogP contribution in [0.3, 0.4) is 0 Å². The quantitative estimate of drug-likeness (QED) is 0.573. The molecule has 3 aromatic rings. The normalized spacial score (nSPS) is 10.4. The number of carbonyl (C=O) groups excluding carboxylic acids is 2. The van der Waals surface area contributed by atoms with E-state index >= 15 is 0 Å². The van der Waals surface area contributed by atoms with Crippen LogP contribution in [0.2, 0.25) is 5.02 Å². The van der Waals surface area contributed by atoms with Crippen LogP contribution in [0.5, 0.6) is 0 Å². The summed E-state index contributed by atoms with van der Waals surface area (Å²) in [5.41, 5.74) is 3.61. The maximum absolute atomic E-state index is 12.4. The number of nitrogens with zero attached hydrogens (tertiary/aromatic N) is 1. The first-order valence-electron chi connectivity index (χ1n) is 8.88. The predicted octanol–water partition coefficient (Wildman–Crippen LogP) is 4.65. The van der Waals surface area contributed by atoms with E-state index < -0.39 is 0 Å². The molecule has 0 bridgehead atoms. The fraction of sp³-hybridized carbons (Fsp3) is 0.136. The van der Waals surface area contributed by atoms with Crippen molar-refractivity contribution in [3.63, 3.8) is 0 Å². The number of hydrogen-bond acceptors (Lipinski definition) is 4. The van der Waals surface area contributed by atoms with Gasteiger partial charge in [0.2, 0.25) is 0 Å². The minimum absolute atomic E-state index is 0.0205. The Kier molecular flexibility index (Phi) is 6.40. The van der Waals surface area contributed by atoms with Crippen LogP contribution in [0.25, 0.3) is 0 Å². The van der Waals surface area contributed by atoms with Gasteiger partial charge in [-0.3, -0.25) is 14.6 Å². The van der Waals surface area contributed by atoms with Crippen molar-refractivity contribution in [2.45, 2.75) is 13.3 Å². The van der Waals surface area contributed by atoms with E-state index in [0.717, 1.165) is 16.9 Å². The molecular formula is C22H20ClN3O2. The lowest BCUT2D eigenvalue weighted by molar-refractivity contribution is 0.0948. The third kappa shape index (κ3) is 5.41. The predicted molar refractivity (Wildman–Crippen MR) is 111 cm³/mol. The fourth-order valence-corrected chi connectivity index (χ4v) is 2.90. The second-order valence-corrected chi connectivity index (χ2v) is 6.76. The standard InChI is InChI=1S/C22H20ClN3O2/c1-15(27)17-5-7-19(8-6-17)26-20-10-12-24-21(14-20)22(28)25-11-9-16-3-2-4-18(23)13-16/h2-8,10,12-14H,9,11H2,1H3,(H,24,26)(H,25,28). The highest BCUT2D eigenvalue weighted by atomic mass is 35.5. The molecule has 1 amide bonds. The van der Waals surface area contributed by atoms with Gasteiger partial charge >= 0.3 is 0 Å². The Bertz CT molecular complexity index is 987. The molecule has 1 heterocycles. The fourth-order valence-electron chi connectivity index (χ4n) is 2.69. The molecule has 5 nitrogen and oxygen atoms in total. The van der Waals surface area contributed by atoms with Gasteiger partial charge in [-0.2, -0.15) is 0 Å². The largest absolute Gasteiger partial charge is 0.355 e. The van der Waals surface area contributed by atoms with Crippen molar-refractivity contribution in [3.05, 3.63) is 88.7 Å². The Morgan fingerprint density at radius 1 is 1.00 bits per heavy atom. The highest BCUT2D eigenvalue weighted by molar-refractivity contribution is 6.30. The van der Waals surface area contributed by atoms with Gasteiger partial charge in [0.1, 0.15) is 5.69 Å². The smallest absolute Gasteiger partial charge is 0.269 e. The molecule has 1 aromatic heterocycles. The van der Waals surface area contributed by atoms with Gasteiger partial charge in [-0.25, -0.2) is 0 Å². The van der Waals surface area contributed by atoms with Crippen LogP contribution < -0.4 is 10.6 Å². The van der Waals surface area contributed by atoms with Crippen molar-refractivity contribution in [1.29, 1.82) is 0 Å². The molecule has 0 aliphatic heterocycles. The van der Waals surface area contributed by atoms with E-state index in [1.165, 1.54) is 6.92 Å². The number of Topliss-reactive ketones (excluding diaryl/α,β-unsaturated/α-hetero) is 1. The van der Waals surface area contributed by atoms with Gasteiger partial charge in [0, 0.05) is 34.7 Å². The van der Waals surface area contributed by atoms with E-state index in [4.69, 9.17) is 11.6 Å². The zero-order valence-corrected chi connectivity index (χ0v) is 16.2. The molecular weight excluding hydrogens is 374 g/mol. The maximum Gasteiger partial charge on any atom is 0.269 e. The van der Waals surface area contributed by atoms with Gasteiger partial charge in [0.15, 0.2) is 5.78 Å². The van der Waals surface area contributed by atoms with Crippen LogP contribution in [0.1, 0.15) is 33.3 Å². The van der Waals surface area contributed by atoms with E-state index in [2.05, 4.69) is 15.6 Å². The summed E-state index contributed by atoms with van der Waals surface area (Å²) in [6.45, 7) is 2.02. The molecule has 6 heteroatoms. The summed E-state index contributed by atoms with van der Waals surface area (Å²) in [6.07, 6.45) is 2.27. The van der Waals surface area contributed by atoms with Crippen molar-refractivity contribution in [1.82, 2.24) is 10.3 Å². The van der Waals surface area contributed by atoms with E-state index in [1.54, 1.807) is 30.5 Å². The van der Waals surface area contributed by atoms with Crippen molar-refractivity contribution >= 4 is 34.7 Å². The Balaban J connectivity index is 1.58. The molecule has 3 rings (SSSR count). The Morgan fingerprint density at radius 3 is 2.50 bits per heavy atom. The van der Waals surface area contributed by atoms with E-state index in [0.29, 0.717) is 29.2 Å². The van der Waals surface area contributed by atoms with Gasteiger partial charge in [-0.05, 0) is 67.4 Å². The number of hydrogen-bond donors (Lipinski definition) is 2. The molecule has 0 radical (unpaired) electrons. The van der Waals surface area contributed by atoms with Crippen molar-refractivity contribution in [2.24, 2.45) is 0 Å². The first-order valence-corrected chi connectivity index (χ1v) is 9.26. The third-order valence-electron chi connectivity index (χ3n) is 4.16. The average Bonchev–Trinajstić information content (AvgIpc) is 2.68. The summed E-state index contributed by atoms with van der Waals surface area (Å²) in [5.74, 6) is -0.218. The van der Waals surface area contributed by atoms with E-state index in [9.17, 15) is 9.59 Å². The number of carbonyl (C=O) groups is 2. The lowest BCUT2D eigenvalue weighted by Crippen LogP contribution is -2.26. The summed E-state index contributed by atoms with van der Waals surface area (Å²) in [7, 11) is 0. The molecule has 2 N–H and O–H groups in total. The minimum Gasteiger partial charge on any atom is -0.355 e. The molecule has 28 heavy (non-hydrogen) atoms. The summed E-state index contributed by atoms with van der Waals surface area (Å²) in [4.78, 5) is 27.8. The molecule has 0 atom stereocenters. The zero-order chi connectivity index (χ0) is 19.9. The number of pyridine rings is 1. The average molecular weight is 394 g/mol. The van der Waals surface area contributed by atoms with Crippen LogP contribution in [0.15, 0.2) is 66.9 Å². The molecule has 0 fully saturated rings. The Hall–Kier alpha value is -3.18. The lowest BCUT2D eigenvalue weighted by atomic mass is 10.1. The molecule has 142 valence electrons. The zero-order valence-electron chi connectivity index (χ0n) is 15.4. The second-order valence-electron chi connectivity index (χ2n) is 6.32. The molecule has 0 aliphatic rings. The number of rotatable bonds is 7. The van der Waals surface area contributed by atoms with Crippen molar-refractivity contribution in [2.75, 3.05) is 11.9 Å². The number of ketones is 1. The third-order valence-corrected chi connectivity index (χ3v) is 4.40. The SMILES string of the molecule is CC(=O)c1ccc(Nc2ccnc(C(=O)NCCc3cccc(Cl)c3)c2)cc1. The van der Waals surface area contributed by atoms with E-state index in [-0.39, 0.29) is 11.7 Å². The molecule has 0 saturated heterocycles. The number of anilines is 2. The van der Waals surface area contributed by atoms with Crippen molar-refractivity contribution < 1.29 is 9.59 Å². The minimum atomic E-state index is -0.238. The molecule has 2 aromatic carbocycles. The highest BCUT2D eigenvalue weighted by Gasteiger charge is 2.08. The number of amides is 1. The van der Waals surface area contributed by atoms with Gasteiger partial charge in [0.05, 0.1) is 0 Å². The lowest BCUT2D eigenvalue weighted by Gasteiger charge is -2.09. The summed E-state index contributed by atoms with van der Waals surface area (Å²) >= 11 is 5.97.